The second-order valence-corrected chi connectivity index (χ2v) is 4.07. The summed E-state index contributed by atoms with van der Waals surface area (Å²) in [6, 6.07) is -0.126. The summed E-state index contributed by atoms with van der Waals surface area (Å²) in [5.74, 6) is -0.0938. The van der Waals surface area contributed by atoms with E-state index in [-0.39, 0.29) is 25.0 Å². The van der Waals surface area contributed by atoms with Crippen LogP contribution in [0.2, 0.25) is 0 Å². The van der Waals surface area contributed by atoms with Crippen molar-refractivity contribution in [2.45, 2.75) is 25.9 Å². The summed E-state index contributed by atoms with van der Waals surface area (Å²) in [5.41, 5.74) is 0.577. The number of nitrogens with zero attached hydrogens (tertiary/aromatic N) is 6. The van der Waals surface area contributed by atoms with Crippen molar-refractivity contribution in [2.75, 3.05) is 6.61 Å². The van der Waals surface area contributed by atoms with Crippen LogP contribution in [0.3, 0.4) is 0 Å². The van der Waals surface area contributed by atoms with Crippen molar-refractivity contribution in [1.29, 1.82) is 0 Å². The Morgan fingerprint density at radius 3 is 3.00 bits per heavy atom. The van der Waals surface area contributed by atoms with Crippen LogP contribution >= 0.6 is 0 Å². The van der Waals surface area contributed by atoms with Gasteiger partial charge in [-0.2, -0.15) is 0 Å². The summed E-state index contributed by atoms with van der Waals surface area (Å²) < 4.78 is 2.95. The van der Waals surface area contributed by atoms with E-state index >= 15 is 0 Å². The molecule has 1 atom stereocenters. The van der Waals surface area contributed by atoms with Crippen molar-refractivity contribution >= 4 is 5.82 Å². The molecule has 2 aromatic heterocycles. The summed E-state index contributed by atoms with van der Waals surface area (Å²) >= 11 is 0. The monoisotopic (exact) mass is 266 g/mol. The van der Waals surface area contributed by atoms with Crippen LogP contribution in [0.5, 0.6) is 0 Å². The highest BCUT2D eigenvalue weighted by Gasteiger charge is 2.16. The minimum absolute atomic E-state index is 0.0233. The number of rotatable bonds is 6. The normalized spacial score (nSPS) is 12.5. The molecule has 1 unspecified atom stereocenters. The van der Waals surface area contributed by atoms with Gasteiger partial charge in [-0.25, -0.2) is 14.2 Å². The van der Waals surface area contributed by atoms with Gasteiger partial charge in [-0.15, -0.1) is 5.10 Å². The number of aromatic nitrogens is 5. The molecule has 102 valence electrons. The Balaban J connectivity index is 2.16. The van der Waals surface area contributed by atoms with Crippen molar-refractivity contribution in [1.82, 2.24) is 24.5 Å². The molecule has 9 nitrogen and oxygen atoms in total. The van der Waals surface area contributed by atoms with E-state index < -0.39 is 4.92 Å². The molecule has 0 amide bonds. The van der Waals surface area contributed by atoms with E-state index in [0.717, 1.165) is 6.42 Å². The summed E-state index contributed by atoms with van der Waals surface area (Å²) in [7, 11) is 0. The van der Waals surface area contributed by atoms with Gasteiger partial charge in [-0.05, 0) is 11.3 Å². The van der Waals surface area contributed by atoms with Gasteiger partial charge in [0.05, 0.1) is 18.8 Å². The minimum Gasteiger partial charge on any atom is -0.394 e. The number of nitro groups is 1. The average Bonchev–Trinajstić information content (AvgIpc) is 3.01. The Hall–Kier alpha value is -2.29. The molecule has 0 aromatic carbocycles. The summed E-state index contributed by atoms with van der Waals surface area (Å²) in [6.07, 6.45) is 4.96. The third kappa shape index (κ3) is 2.76. The zero-order valence-corrected chi connectivity index (χ0v) is 10.4. The molecule has 9 heteroatoms. The van der Waals surface area contributed by atoms with Gasteiger partial charge in [0.25, 0.3) is 0 Å². The second-order valence-electron chi connectivity index (χ2n) is 4.07. The number of aliphatic hydroxyl groups is 1. The Kier molecular flexibility index (Phi) is 3.85. The molecule has 2 heterocycles. The maximum absolute atomic E-state index is 10.7. The number of imidazole rings is 1. The molecule has 19 heavy (non-hydrogen) atoms. The van der Waals surface area contributed by atoms with Crippen molar-refractivity contribution in [3.8, 4) is 0 Å². The molecule has 0 radical (unpaired) electrons. The second kappa shape index (κ2) is 5.57. The maximum Gasteiger partial charge on any atom is 0.342 e. The van der Waals surface area contributed by atoms with E-state index in [4.69, 9.17) is 5.11 Å². The zero-order chi connectivity index (χ0) is 13.8. The van der Waals surface area contributed by atoms with E-state index in [0.29, 0.717) is 5.69 Å². The lowest BCUT2D eigenvalue weighted by Crippen LogP contribution is -2.12. The van der Waals surface area contributed by atoms with Crippen LogP contribution in [0.1, 0.15) is 25.1 Å². The van der Waals surface area contributed by atoms with Crippen LogP contribution in [-0.2, 0) is 6.54 Å². The Morgan fingerprint density at radius 1 is 1.58 bits per heavy atom. The van der Waals surface area contributed by atoms with E-state index in [1.807, 2.05) is 6.92 Å². The van der Waals surface area contributed by atoms with Gasteiger partial charge in [0, 0.05) is 0 Å². The van der Waals surface area contributed by atoms with Crippen molar-refractivity contribution in [2.24, 2.45) is 0 Å². The van der Waals surface area contributed by atoms with Crippen molar-refractivity contribution in [3.05, 3.63) is 34.5 Å². The molecular formula is C10H14N6O3. The van der Waals surface area contributed by atoms with Crippen LogP contribution in [0.4, 0.5) is 5.82 Å². The highest BCUT2D eigenvalue weighted by molar-refractivity contribution is 5.16. The van der Waals surface area contributed by atoms with Crippen LogP contribution < -0.4 is 0 Å². The first-order valence-electron chi connectivity index (χ1n) is 5.81. The summed E-state index contributed by atoms with van der Waals surface area (Å²) in [6.45, 7) is 2.13. The van der Waals surface area contributed by atoms with E-state index in [9.17, 15) is 10.1 Å². The fraction of sp³-hybridized carbons (Fsp3) is 0.500. The molecule has 0 saturated heterocycles. The lowest BCUT2D eigenvalue weighted by atomic mass is 10.2. The SMILES string of the molecule is CCC(CO)n1cc(Cn2cncc2[N+](=O)[O-])nn1. The zero-order valence-electron chi connectivity index (χ0n) is 10.4. The maximum atomic E-state index is 10.7. The Labute approximate surface area is 108 Å². The summed E-state index contributed by atoms with van der Waals surface area (Å²) in [4.78, 5) is 14.0. The first kappa shape index (κ1) is 13.1. The molecule has 0 aliphatic carbocycles. The molecule has 1 N–H and O–H groups in total. The van der Waals surface area contributed by atoms with Gasteiger partial charge in [-0.1, -0.05) is 12.1 Å². The molecule has 0 saturated carbocycles. The highest BCUT2D eigenvalue weighted by atomic mass is 16.6. The van der Waals surface area contributed by atoms with Crippen LogP contribution in [0, 0.1) is 10.1 Å². The quantitative estimate of drug-likeness (QED) is 0.597. The molecule has 0 aliphatic heterocycles. The fourth-order valence-corrected chi connectivity index (χ4v) is 1.73. The van der Waals surface area contributed by atoms with Gasteiger partial charge in [0.2, 0.25) is 0 Å². The molecule has 2 aromatic rings. The average molecular weight is 266 g/mol. The van der Waals surface area contributed by atoms with Crippen LogP contribution in [0.15, 0.2) is 18.7 Å². The smallest absolute Gasteiger partial charge is 0.342 e. The van der Waals surface area contributed by atoms with Crippen LogP contribution in [-0.4, -0.2) is 41.2 Å². The predicted molar refractivity (Wildman–Crippen MR) is 64.4 cm³/mol. The first-order valence-corrected chi connectivity index (χ1v) is 5.81. The largest absolute Gasteiger partial charge is 0.394 e. The third-order valence-electron chi connectivity index (χ3n) is 2.82. The standard InChI is InChI=1S/C10H14N6O3/c1-2-9(6-17)15-5-8(12-13-15)4-14-7-11-3-10(14)16(18)19/h3,5,7,9,17H,2,4,6H2,1H3. The van der Waals surface area contributed by atoms with Gasteiger partial charge >= 0.3 is 5.82 Å². The van der Waals surface area contributed by atoms with E-state index in [2.05, 4.69) is 15.3 Å². The number of hydrogen-bond donors (Lipinski definition) is 1. The predicted octanol–water partition coefficient (Wildman–Crippen LogP) is 0.374. The molecular weight excluding hydrogens is 252 g/mol. The lowest BCUT2D eigenvalue weighted by molar-refractivity contribution is -0.392. The molecule has 0 aliphatic rings. The number of hydrogen-bond acceptors (Lipinski definition) is 6. The van der Waals surface area contributed by atoms with Crippen molar-refractivity contribution < 1.29 is 10.0 Å². The van der Waals surface area contributed by atoms with Gasteiger partial charge in [0.1, 0.15) is 18.4 Å². The van der Waals surface area contributed by atoms with Crippen LogP contribution in [0.25, 0.3) is 0 Å². The first-order chi connectivity index (χ1) is 9.15. The fourth-order valence-electron chi connectivity index (χ4n) is 1.73. The molecule has 0 bridgehead atoms. The third-order valence-corrected chi connectivity index (χ3v) is 2.82. The van der Waals surface area contributed by atoms with Crippen molar-refractivity contribution in [3.63, 3.8) is 0 Å². The summed E-state index contributed by atoms with van der Waals surface area (Å²) in [5, 5.41) is 27.8. The lowest BCUT2D eigenvalue weighted by Gasteiger charge is -2.09. The Morgan fingerprint density at radius 2 is 2.37 bits per heavy atom. The van der Waals surface area contributed by atoms with Gasteiger partial charge < -0.3 is 15.2 Å². The van der Waals surface area contributed by atoms with Gasteiger partial charge in [-0.3, -0.25) is 0 Å². The van der Waals surface area contributed by atoms with E-state index in [1.165, 1.54) is 17.1 Å². The minimum atomic E-state index is -0.500. The molecule has 2 rings (SSSR count). The van der Waals surface area contributed by atoms with Gasteiger partial charge in [0.15, 0.2) is 6.33 Å². The topological polar surface area (TPSA) is 112 Å². The van der Waals surface area contributed by atoms with E-state index in [1.54, 1.807) is 10.9 Å². The molecule has 0 spiro atoms. The highest BCUT2D eigenvalue weighted by Crippen LogP contribution is 2.13. The molecule has 0 fully saturated rings. The number of aliphatic hydroxyl groups excluding tert-OH is 1. The Bertz CT molecular complexity index is 559.